The van der Waals surface area contributed by atoms with Crippen molar-refractivity contribution >= 4 is 10.9 Å². The summed E-state index contributed by atoms with van der Waals surface area (Å²) in [6.45, 7) is 5.41. The Kier molecular flexibility index (Phi) is 6.37. The van der Waals surface area contributed by atoms with Gasteiger partial charge in [0.05, 0.1) is 17.3 Å². The molecule has 1 fully saturated rings. The standard InChI is InChI=1S/C24H28N2O3/c1-3-20(29-24-6-4-5-13-27-24)16-28-21-8-10-23-18(15-21)7-9-22(26-23)19-11-12-25-17(2)14-19/h7-12,14-15,20,24H,3-6,13,16H2,1-2H3/t20-,24?/m1/s1. The van der Waals surface area contributed by atoms with Gasteiger partial charge in [0.1, 0.15) is 12.4 Å². The number of ether oxygens (including phenoxy) is 3. The first kappa shape index (κ1) is 19.8. The van der Waals surface area contributed by atoms with Crippen molar-refractivity contribution in [2.75, 3.05) is 13.2 Å². The molecular formula is C24H28N2O3. The van der Waals surface area contributed by atoms with Gasteiger partial charge in [-0.05, 0) is 69.0 Å². The second-order valence-electron chi connectivity index (χ2n) is 7.51. The number of nitrogens with zero attached hydrogens (tertiary/aromatic N) is 2. The fraction of sp³-hybridized carbons (Fsp3) is 0.417. The normalized spacial score (nSPS) is 17.9. The zero-order valence-electron chi connectivity index (χ0n) is 17.1. The number of benzene rings is 1. The summed E-state index contributed by atoms with van der Waals surface area (Å²) in [5.74, 6) is 0.832. The van der Waals surface area contributed by atoms with E-state index in [1.807, 2.05) is 49.5 Å². The van der Waals surface area contributed by atoms with Gasteiger partial charge < -0.3 is 14.2 Å². The van der Waals surface area contributed by atoms with Crippen molar-refractivity contribution in [1.29, 1.82) is 0 Å². The minimum atomic E-state index is -0.0895. The molecule has 0 aliphatic carbocycles. The Morgan fingerprint density at radius 2 is 2.07 bits per heavy atom. The van der Waals surface area contributed by atoms with Gasteiger partial charge in [0.25, 0.3) is 0 Å². The lowest BCUT2D eigenvalue weighted by molar-refractivity contribution is -0.193. The van der Waals surface area contributed by atoms with Crippen LogP contribution < -0.4 is 4.74 Å². The smallest absolute Gasteiger partial charge is 0.158 e. The average Bonchev–Trinajstić information content (AvgIpc) is 2.77. The largest absolute Gasteiger partial charge is 0.491 e. The predicted molar refractivity (Wildman–Crippen MR) is 114 cm³/mol. The third kappa shape index (κ3) is 5.11. The van der Waals surface area contributed by atoms with Crippen molar-refractivity contribution in [1.82, 2.24) is 9.97 Å². The number of rotatable bonds is 7. The highest BCUT2D eigenvalue weighted by Crippen LogP contribution is 2.25. The van der Waals surface area contributed by atoms with Crippen molar-refractivity contribution in [2.45, 2.75) is 51.9 Å². The number of hydrogen-bond acceptors (Lipinski definition) is 5. The summed E-state index contributed by atoms with van der Waals surface area (Å²) in [5, 5.41) is 1.06. The summed E-state index contributed by atoms with van der Waals surface area (Å²) in [5.41, 5.74) is 3.96. The minimum Gasteiger partial charge on any atom is -0.491 e. The van der Waals surface area contributed by atoms with Crippen LogP contribution in [-0.2, 0) is 9.47 Å². The van der Waals surface area contributed by atoms with E-state index in [9.17, 15) is 0 Å². The van der Waals surface area contributed by atoms with Gasteiger partial charge in [0, 0.05) is 29.4 Å². The SMILES string of the molecule is CC[C@H](COc1ccc2nc(-c3ccnc(C)c3)ccc2c1)OC1CCCCO1. The summed E-state index contributed by atoms with van der Waals surface area (Å²) in [6.07, 6.45) is 5.92. The van der Waals surface area contributed by atoms with Gasteiger partial charge in [-0.2, -0.15) is 0 Å². The lowest BCUT2D eigenvalue weighted by Crippen LogP contribution is -2.31. The van der Waals surface area contributed by atoms with E-state index < -0.39 is 0 Å². The van der Waals surface area contributed by atoms with Gasteiger partial charge in [-0.25, -0.2) is 4.98 Å². The molecule has 1 unspecified atom stereocenters. The van der Waals surface area contributed by atoms with Crippen molar-refractivity contribution < 1.29 is 14.2 Å². The summed E-state index contributed by atoms with van der Waals surface area (Å²) < 4.78 is 17.8. The topological polar surface area (TPSA) is 53.5 Å². The Morgan fingerprint density at radius 3 is 2.86 bits per heavy atom. The maximum atomic E-state index is 6.06. The molecule has 5 heteroatoms. The van der Waals surface area contributed by atoms with Gasteiger partial charge in [-0.15, -0.1) is 0 Å². The van der Waals surface area contributed by atoms with E-state index in [-0.39, 0.29) is 12.4 Å². The van der Waals surface area contributed by atoms with E-state index in [1.165, 1.54) is 6.42 Å². The molecule has 0 spiro atoms. The first-order valence-corrected chi connectivity index (χ1v) is 10.4. The number of pyridine rings is 2. The van der Waals surface area contributed by atoms with Gasteiger partial charge in [-0.3, -0.25) is 4.98 Å². The summed E-state index contributed by atoms with van der Waals surface area (Å²) in [7, 11) is 0. The molecule has 1 aliphatic rings. The van der Waals surface area contributed by atoms with Gasteiger partial charge in [0.2, 0.25) is 0 Å². The van der Waals surface area contributed by atoms with E-state index in [0.717, 1.165) is 59.5 Å². The lowest BCUT2D eigenvalue weighted by Gasteiger charge is -2.27. The molecule has 0 saturated carbocycles. The Hall–Kier alpha value is -2.50. The van der Waals surface area contributed by atoms with Gasteiger partial charge in [-0.1, -0.05) is 13.0 Å². The van der Waals surface area contributed by atoms with E-state index in [1.54, 1.807) is 0 Å². The second-order valence-corrected chi connectivity index (χ2v) is 7.51. The highest BCUT2D eigenvalue weighted by Gasteiger charge is 2.19. The number of fused-ring (bicyclic) bond motifs is 1. The van der Waals surface area contributed by atoms with Crippen LogP contribution in [0.3, 0.4) is 0 Å². The van der Waals surface area contributed by atoms with E-state index in [4.69, 9.17) is 19.2 Å². The molecule has 1 aliphatic heterocycles. The van der Waals surface area contributed by atoms with Crippen LogP contribution >= 0.6 is 0 Å². The minimum absolute atomic E-state index is 0.0317. The molecule has 0 bridgehead atoms. The van der Waals surface area contributed by atoms with Crippen molar-refractivity contribution in [3.63, 3.8) is 0 Å². The third-order valence-corrected chi connectivity index (χ3v) is 5.23. The molecule has 29 heavy (non-hydrogen) atoms. The van der Waals surface area contributed by atoms with E-state index >= 15 is 0 Å². The quantitative estimate of drug-likeness (QED) is 0.546. The highest BCUT2D eigenvalue weighted by atomic mass is 16.7. The zero-order valence-corrected chi connectivity index (χ0v) is 17.1. The highest BCUT2D eigenvalue weighted by molar-refractivity contribution is 5.82. The van der Waals surface area contributed by atoms with Crippen LogP contribution in [-0.4, -0.2) is 35.6 Å². The average molecular weight is 392 g/mol. The van der Waals surface area contributed by atoms with Crippen molar-refractivity contribution in [3.05, 3.63) is 54.4 Å². The van der Waals surface area contributed by atoms with Gasteiger partial charge in [0.15, 0.2) is 6.29 Å². The summed E-state index contributed by atoms with van der Waals surface area (Å²) in [4.78, 5) is 9.05. The lowest BCUT2D eigenvalue weighted by atomic mass is 10.1. The maximum absolute atomic E-state index is 6.06. The number of aromatic nitrogens is 2. The van der Waals surface area contributed by atoms with E-state index in [2.05, 4.69) is 18.0 Å². The molecule has 152 valence electrons. The predicted octanol–water partition coefficient (Wildman–Crippen LogP) is 5.31. The summed E-state index contributed by atoms with van der Waals surface area (Å²) >= 11 is 0. The molecule has 3 aromatic rings. The fourth-order valence-corrected chi connectivity index (χ4v) is 3.53. The van der Waals surface area contributed by atoms with Crippen LogP contribution in [0, 0.1) is 6.92 Å². The molecule has 2 aromatic heterocycles. The third-order valence-electron chi connectivity index (χ3n) is 5.23. The van der Waals surface area contributed by atoms with Crippen LogP contribution in [0.15, 0.2) is 48.7 Å². The molecule has 0 radical (unpaired) electrons. The molecule has 5 nitrogen and oxygen atoms in total. The Morgan fingerprint density at radius 1 is 1.14 bits per heavy atom. The van der Waals surface area contributed by atoms with Crippen molar-refractivity contribution in [3.8, 4) is 17.0 Å². The molecule has 3 heterocycles. The molecule has 0 amide bonds. The molecule has 1 aromatic carbocycles. The Balaban J connectivity index is 1.42. The Labute approximate surface area is 172 Å². The number of aryl methyl sites for hydroxylation is 1. The van der Waals surface area contributed by atoms with E-state index in [0.29, 0.717) is 6.61 Å². The Bertz CT molecular complexity index is 954. The zero-order chi connectivity index (χ0) is 20.1. The first-order valence-electron chi connectivity index (χ1n) is 10.4. The van der Waals surface area contributed by atoms with Crippen LogP contribution in [0.25, 0.3) is 22.2 Å². The number of hydrogen-bond donors (Lipinski definition) is 0. The molecule has 0 N–H and O–H groups in total. The molecular weight excluding hydrogens is 364 g/mol. The monoisotopic (exact) mass is 392 g/mol. The summed E-state index contributed by atoms with van der Waals surface area (Å²) in [6, 6.07) is 14.2. The van der Waals surface area contributed by atoms with Gasteiger partial charge >= 0.3 is 0 Å². The fourth-order valence-electron chi connectivity index (χ4n) is 3.53. The maximum Gasteiger partial charge on any atom is 0.158 e. The van der Waals surface area contributed by atoms with Crippen LogP contribution in [0.4, 0.5) is 0 Å². The molecule has 4 rings (SSSR count). The van der Waals surface area contributed by atoms with Crippen LogP contribution in [0.1, 0.15) is 38.3 Å². The second kappa shape index (κ2) is 9.33. The van der Waals surface area contributed by atoms with Crippen LogP contribution in [0.5, 0.6) is 5.75 Å². The molecule has 1 saturated heterocycles. The van der Waals surface area contributed by atoms with Crippen molar-refractivity contribution in [2.24, 2.45) is 0 Å². The molecule has 2 atom stereocenters. The van der Waals surface area contributed by atoms with Crippen LogP contribution in [0.2, 0.25) is 0 Å². The first-order chi connectivity index (χ1) is 14.2.